The van der Waals surface area contributed by atoms with Crippen molar-refractivity contribution in [1.29, 1.82) is 0 Å². The van der Waals surface area contributed by atoms with Crippen LogP contribution in [0.4, 0.5) is 0 Å². The van der Waals surface area contributed by atoms with E-state index in [-0.39, 0.29) is 5.54 Å². The number of nitrogens with zero attached hydrogens (tertiary/aromatic N) is 1. The summed E-state index contributed by atoms with van der Waals surface area (Å²) >= 11 is 1.74. The molecule has 0 spiro atoms. The predicted molar refractivity (Wildman–Crippen MR) is 70.3 cm³/mol. The first-order valence-electron chi connectivity index (χ1n) is 5.96. The first kappa shape index (κ1) is 11.1. The zero-order chi connectivity index (χ0) is 11.7. The van der Waals surface area contributed by atoms with Crippen molar-refractivity contribution in [1.82, 2.24) is 4.98 Å². The second-order valence-electron chi connectivity index (χ2n) is 4.77. The Morgan fingerprint density at radius 3 is 3.06 bits per heavy atom. The molecule has 1 aromatic heterocycles. The number of hydrogen-bond acceptors (Lipinski definition) is 4. The van der Waals surface area contributed by atoms with Gasteiger partial charge in [-0.2, -0.15) is 0 Å². The zero-order valence-corrected chi connectivity index (χ0v) is 10.5. The fourth-order valence-corrected chi connectivity index (χ4v) is 3.43. The lowest BCUT2D eigenvalue weighted by molar-refractivity contribution is 0.0382. The number of aromatic nitrogens is 1. The Labute approximate surface area is 105 Å². The highest BCUT2D eigenvalue weighted by molar-refractivity contribution is 7.18. The SMILES string of the molecule is NC1(Cc2nc3ccccc3s2)CCCOC1. The molecule has 90 valence electrons. The quantitative estimate of drug-likeness (QED) is 0.887. The van der Waals surface area contributed by atoms with Gasteiger partial charge in [0, 0.05) is 18.6 Å². The van der Waals surface area contributed by atoms with Crippen molar-refractivity contribution in [2.24, 2.45) is 5.73 Å². The van der Waals surface area contributed by atoms with E-state index in [1.807, 2.05) is 12.1 Å². The van der Waals surface area contributed by atoms with E-state index >= 15 is 0 Å². The van der Waals surface area contributed by atoms with E-state index in [1.165, 1.54) is 4.70 Å². The van der Waals surface area contributed by atoms with Gasteiger partial charge in [-0.1, -0.05) is 12.1 Å². The van der Waals surface area contributed by atoms with Crippen molar-refractivity contribution >= 4 is 21.6 Å². The molecule has 0 saturated carbocycles. The van der Waals surface area contributed by atoms with Crippen LogP contribution >= 0.6 is 11.3 Å². The van der Waals surface area contributed by atoms with Crippen LogP contribution in [-0.4, -0.2) is 23.7 Å². The van der Waals surface area contributed by atoms with E-state index in [1.54, 1.807) is 11.3 Å². The Hall–Kier alpha value is -0.970. The highest BCUT2D eigenvalue weighted by Crippen LogP contribution is 2.27. The van der Waals surface area contributed by atoms with Crippen LogP contribution in [0.15, 0.2) is 24.3 Å². The molecule has 1 saturated heterocycles. The van der Waals surface area contributed by atoms with Crippen molar-refractivity contribution in [3.8, 4) is 0 Å². The van der Waals surface area contributed by atoms with E-state index in [0.29, 0.717) is 6.61 Å². The Balaban J connectivity index is 1.84. The third-order valence-electron chi connectivity index (χ3n) is 3.19. The van der Waals surface area contributed by atoms with Gasteiger partial charge in [-0.3, -0.25) is 0 Å². The molecule has 0 amide bonds. The van der Waals surface area contributed by atoms with E-state index in [4.69, 9.17) is 10.5 Å². The molecule has 2 N–H and O–H groups in total. The van der Waals surface area contributed by atoms with Gasteiger partial charge in [-0.15, -0.1) is 11.3 Å². The van der Waals surface area contributed by atoms with Crippen LogP contribution in [0.3, 0.4) is 0 Å². The highest BCUT2D eigenvalue weighted by Gasteiger charge is 2.29. The number of hydrogen-bond donors (Lipinski definition) is 1. The predicted octanol–water partition coefficient (Wildman–Crippen LogP) is 2.35. The number of rotatable bonds is 2. The Bertz CT molecular complexity index is 484. The molecule has 1 fully saturated rings. The zero-order valence-electron chi connectivity index (χ0n) is 9.69. The van der Waals surface area contributed by atoms with Gasteiger partial charge in [0.25, 0.3) is 0 Å². The topological polar surface area (TPSA) is 48.1 Å². The van der Waals surface area contributed by atoms with Gasteiger partial charge in [-0.25, -0.2) is 4.98 Å². The van der Waals surface area contributed by atoms with Gasteiger partial charge in [0.2, 0.25) is 0 Å². The molecule has 0 aliphatic carbocycles. The van der Waals surface area contributed by atoms with Crippen molar-refractivity contribution < 1.29 is 4.74 Å². The van der Waals surface area contributed by atoms with Gasteiger partial charge >= 0.3 is 0 Å². The molecule has 4 heteroatoms. The summed E-state index contributed by atoms with van der Waals surface area (Å²) in [6.07, 6.45) is 2.91. The lowest BCUT2D eigenvalue weighted by atomic mass is 9.90. The molecule has 0 bridgehead atoms. The third-order valence-corrected chi connectivity index (χ3v) is 4.23. The molecular weight excluding hydrogens is 232 g/mol. The molecule has 0 radical (unpaired) electrons. The average Bonchev–Trinajstić information content (AvgIpc) is 2.71. The molecular formula is C13H16N2OS. The van der Waals surface area contributed by atoms with Gasteiger partial charge in [0.05, 0.1) is 21.8 Å². The molecule has 17 heavy (non-hydrogen) atoms. The lowest BCUT2D eigenvalue weighted by Crippen LogP contribution is -2.49. The van der Waals surface area contributed by atoms with Crippen LogP contribution < -0.4 is 5.73 Å². The van der Waals surface area contributed by atoms with Crippen molar-refractivity contribution in [3.63, 3.8) is 0 Å². The van der Waals surface area contributed by atoms with Gasteiger partial charge in [0.15, 0.2) is 0 Å². The van der Waals surface area contributed by atoms with Gasteiger partial charge in [0.1, 0.15) is 0 Å². The van der Waals surface area contributed by atoms with Gasteiger partial charge in [-0.05, 0) is 25.0 Å². The summed E-state index contributed by atoms with van der Waals surface area (Å²) in [6.45, 7) is 1.50. The molecule has 2 heterocycles. The maximum atomic E-state index is 6.35. The summed E-state index contributed by atoms with van der Waals surface area (Å²) in [5.41, 5.74) is 7.22. The Morgan fingerprint density at radius 2 is 2.29 bits per heavy atom. The number of nitrogens with two attached hydrogens (primary N) is 1. The monoisotopic (exact) mass is 248 g/mol. The van der Waals surface area contributed by atoms with E-state index in [0.717, 1.165) is 36.4 Å². The second-order valence-corrected chi connectivity index (χ2v) is 5.89. The Kier molecular flexibility index (Phi) is 2.86. The van der Waals surface area contributed by atoms with Crippen LogP contribution in [0.1, 0.15) is 17.8 Å². The standard InChI is InChI=1S/C13H16N2OS/c14-13(6-3-7-16-9-13)8-12-15-10-4-1-2-5-11(10)17-12/h1-2,4-5H,3,6-9,14H2. The number of fused-ring (bicyclic) bond motifs is 1. The number of thiazole rings is 1. The van der Waals surface area contributed by atoms with Crippen molar-refractivity contribution in [2.75, 3.05) is 13.2 Å². The minimum Gasteiger partial charge on any atom is -0.380 e. The smallest absolute Gasteiger partial charge is 0.0957 e. The average molecular weight is 248 g/mol. The first-order chi connectivity index (χ1) is 8.25. The van der Waals surface area contributed by atoms with Gasteiger partial charge < -0.3 is 10.5 Å². The molecule has 3 nitrogen and oxygen atoms in total. The van der Waals surface area contributed by atoms with Crippen molar-refractivity contribution in [2.45, 2.75) is 24.8 Å². The van der Waals surface area contributed by atoms with E-state index < -0.39 is 0 Å². The summed E-state index contributed by atoms with van der Waals surface area (Å²) in [5, 5.41) is 1.12. The maximum Gasteiger partial charge on any atom is 0.0957 e. The van der Waals surface area contributed by atoms with Crippen LogP contribution in [0.5, 0.6) is 0 Å². The Morgan fingerprint density at radius 1 is 1.41 bits per heavy atom. The minimum atomic E-state index is -0.216. The lowest BCUT2D eigenvalue weighted by Gasteiger charge is -2.32. The summed E-state index contributed by atoms with van der Waals surface area (Å²) < 4.78 is 6.72. The summed E-state index contributed by atoms with van der Waals surface area (Å²) in [6, 6.07) is 8.23. The third kappa shape index (κ3) is 2.34. The molecule has 1 aliphatic rings. The molecule has 1 atom stereocenters. The van der Waals surface area contributed by atoms with Crippen LogP contribution in [-0.2, 0) is 11.2 Å². The minimum absolute atomic E-state index is 0.216. The fourth-order valence-electron chi connectivity index (χ4n) is 2.31. The number of ether oxygens (including phenoxy) is 1. The van der Waals surface area contributed by atoms with E-state index in [2.05, 4.69) is 17.1 Å². The molecule has 1 aromatic carbocycles. The highest BCUT2D eigenvalue weighted by atomic mass is 32.1. The van der Waals surface area contributed by atoms with E-state index in [9.17, 15) is 0 Å². The molecule has 1 aliphatic heterocycles. The fraction of sp³-hybridized carbons (Fsp3) is 0.462. The second kappa shape index (κ2) is 4.37. The molecule has 3 rings (SSSR count). The number of para-hydroxylation sites is 1. The largest absolute Gasteiger partial charge is 0.380 e. The van der Waals surface area contributed by atoms with Crippen LogP contribution in [0.25, 0.3) is 10.2 Å². The molecule has 1 unspecified atom stereocenters. The van der Waals surface area contributed by atoms with Crippen molar-refractivity contribution in [3.05, 3.63) is 29.3 Å². The normalized spacial score (nSPS) is 25.2. The van der Waals surface area contributed by atoms with Crippen LogP contribution in [0.2, 0.25) is 0 Å². The number of benzene rings is 1. The summed E-state index contributed by atoms with van der Waals surface area (Å²) in [4.78, 5) is 4.63. The summed E-state index contributed by atoms with van der Waals surface area (Å²) in [7, 11) is 0. The van der Waals surface area contributed by atoms with Crippen LogP contribution in [0, 0.1) is 0 Å². The molecule has 2 aromatic rings. The maximum absolute atomic E-state index is 6.35. The summed E-state index contributed by atoms with van der Waals surface area (Å²) in [5.74, 6) is 0. The first-order valence-corrected chi connectivity index (χ1v) is 6.78.